The summed E-state index contributed by atoms with van der Waals surface area (Å²) in [5, 5.41) is 0. The molecular formula is C12H17O4S+. The summed E-state index contributed by atoms with van der Waals surface area (Å²) in [4.78, 5) is 11.9. The second-order valence-corrected chi connectivity index (χ2v) is 5.54. The van der Waals surface area contributed by atoms with E-state index in [0.29, 0.717) is 6.61 Å². The van der Waals surface area contributed by atoms with Crippen molar-refractivity contribution in [2.45, 2.75) is 4.90 Å². The zero-order valence-corrected chi connectivity index (χ0v) is 11.1. The van der Waals surface area contributed by atoms with Crippen LogP contribution < -0.4 is 4.74 Å². The molecule has 17 heavy (non-hydrogen) atoms. The van der Waals surface area contributed by atoms with Gasteiger partial charge in [0.05, 0.1) is 7.11 Å². The van der Waals surface area contributed by atoms with Crippen LogP contribution in [0.2, 0.25) is 0 Å². The van der Waals surface area contributed by atoms with Crippen molar-refractivity contribution < 1.29 is 19.0 Å². The Hall–Kier alpha value is -1.36. The summed E-state index contributed by atoms with van der Waals surface area (Å²) in [6.07, 6.45) is 3.64. The SMILES string of the molecule is COC(=O)OCCOc1ccc([S+](C)C)cc1. The highest BCUT2D eigenvalue weighted by molar-refractivity contribution is 7.95. The van der Waals surface area contributed by atoms with Gasteiger partial charge in [0.1, 0.15) is 31.5 Å². The van der Waals surface area contributed by atoms with E-state index in [1.54, 1.807) is 0 Å². The maximum absolute atomic E-state index is 10.6. The first kappa shape index (κ1) is 13.7. The zero-order valence-electron chi connectivity index (χ0n) is 10.3. The number of methoxy groups -OCH3 is 1. The number of carbonyl (C=O) groups excluding carboxylic acids is 1. The van der Waals surface area contributed by atoms with Crippen LogP contribution >= 0.6 is 0 Å². The number of rotatable bonds is 5. The predicted molar refractivity (Wildman–Crippen MR) is 67.8 cm³/mol. The third-order valence-electron chi connectivity index (χ3n) is 2.03. The summed E-state index contributed by atoms with van der Waals surface area (Å²) in [6, 6.07) is 7.92. The monoisotopic (exact) mass is 257 g/mol. The molecule has 0 aliphatic rings. The third-order valence-corrected chi connectivity index (χ3v) is 3.25. The minimum Gasteiger partial charge on any atom is -0.490 e. The molecule has 5 heteroatoms. The van der Waals surface area contributed by atoms with Gasteiger partial charge >= 0.3 is 6.16 Å². The van der Waals surface area contributed by atoms with Crippen molar-refractivity contribution in [1.29, 1.82) is 0 Å². The highest BCUT2D eigenvalue weighted by atomic mass is 32.2. The van der Waals surface area contributed by atoms with Gasteiger partial charge in [0.15, 0.2) is 4.90 Å². The van der Waals surface area contributed by atoms with Crippen molar-refractivity contribution >= 4 is 17.1 Å². The van der Waals surface area contributed by atoms with Crippen LogP contribution in [-0.2, 0) is 20.4 Å². The second kappa shape index (κ2) is 7.06. The van der Waals surface area contributed by atoms with E-state index in [9.17, 15) is 4.79 Å². The van der Waals surface area contributed by atoms with Gasteiger partial charge in [-0.3, -0.25) is 0 Å². The van der Waals surface area contributed by atoms with Crippen LogP contribution in [0.4, 0.5) is 4.79 Å². The highest BCUT2D eigenvalue weighted by Crippen LogP contribution is 2.15. The Morgan fingerprint density at radius 1 is 1.18 bits per heavy atom. The van der Waals surface area contributed by atoms with Crippen molar-refractivity contribution in [3.63, 3.8) is 0 Å². The van der Waals surface area contributed by atoms with Crippen molar-refractivity contribution in [3.05, 3.63) is 24.3 Å². The van der Waals surface area contributed by atoms with Crippen molar-refractivity contribution in [2.75, 3.05) is 32.8 Å². The van der Waals surface area contributed by atoms with E-state index in [1.807, 2.05) is 24.3 Å². The van der Waals surface area contributed by atoms with E-state index in [4.69, 9.17) is 9.47 Å². The molecule has 0 heterocycles. The third kappa shape index (κ3) is 4.99. The fraction of sp³-hybridized carbons (Fsp3) is 0.417. The van der Waals surface area contributed by atoms with Crippen LogP contribution in [0.5, 0.6) is 5.75 Å². The molecule has 4 nitrogen and oxygen atoms in total. The molecule has 0 bridgehead atoms. The molecule has 0 aliphatic carbocycles. The van der Waals surface area contributed by atoms with E-state index in [-0.39, 0.29) is 17.5 Å². The number of benzene rings is 1. The van der Waals surface area contributed by atoms with Gasteiger partial charge in [-0.1, -0.05) is 0 Å². The molecule has 94 valence electrons. The average molecular weight is 257 g/mol. The average Bonchev–Trinajstić information content (AvgIpc) is 2.34. The Labute approximate surface area is 104 Å². The number of hydrogen-bond acceptors (Lipinski definition) is 4. The van der Waals surface area contributed by atoms with Gasteiger partial charge in [-0.2, -0.15) is 0 Å². The molecule has 0 N–H and O–H groups in total. The molecule has 0 atom stereocenters. The normalized spacial score (nSPS) is 10.1. The van der Waals surface area contributed by atoms with Crippen LogP contribution in [0.15, 0.2) is 29.2 Å². The summed E-state index contributed by atoms with van der Waals surface area (Å²) in [5.41, 5.74) is 0. The lowest BCUT2D eigenvalue weighted by molar-refractivity contribution is 0.0616. The lowest BCUT2D eigenvalue weighted by Gasteiger charge is -2.06. The molecule has 0 unspecified atom stereocenters. The van der Waals surface area contributed by atoms with Gasteiger partial charge in [0.2, 0.25) is 0 Å². The van der Waals surface area contributed by atoms with E-state index in [1.165, 1.54) is 12.0 Å². The second-order valence-electron chi connectivity index (χ2n) is 3.44. The van der Waals surface area contributed by atoms with Crippen LogP contribution in [0.25, 0.3) is 0 Å². The van der Waals surface area contributed by atoms with Crippen LogP contribution in [0.1, 0.15) is 0 Å². The summed E-state index contributed by atoms with van der Waals surface area (Å²) in [5.74, 6) is 0.771. The number of hydrogen-bond donors (Lipinski definition) is 0. The molecule has 1 aromatic rings. The first-order valence-corrected chi connectivity index (χ1v) is 7.19. The molecule has 0 radical (unpaired) electrons. The fourth-order valence-electron chi connectivity index (χ4n) is 1.15. The Bertz CT molecular complexity index is 348. The topological polar surface area (TPSA) is 44.8 Å². The lowest BCUT2D eigenvalue weighted by atomic mass is 10.3. The van der Waals surface area contributed by atoms with Gasteiger partial charge in [-0.25, -0.2) is 4.79 Å². The van der Waals surface area contributed by atoms with Gasteiger partial charge in [0.25, 0.3) is 0 Å². The summed E-state index contributed by atoms with van der Waals surface area (Å²) in [7, 11) is 1.53. The van der Waals surface area contributed by atoms with Gasteiger partial charge in [0, 0.05) is 10.9 Å². The molecule has 0 aliphatic heterocycles. The van der Waals surface area contributed by atoms with Gasteiger partial charge in [-0.15, -0.1) is 0 Å². The zero-order chi connectivity index (χ0) is 12.7. The molecule has 1 aromatic carbocycles. The van der Waals surface area contributed by atoms with E-state index >= 15 is 0 Å². The first-order valence-electron chi connectivity index (χ1n) is 5.14. The predicted octanol–water partition coefficient (Wildman–Crippen LogP) is 2.09. The number of ether oxygens (including phenoxy) is 3. The maximum Gasteiger partial charge on any atom is 0.508 e. The smallest absolute Gasteiger partial charge is 0.490 e. The maximum atomic E-state index is 10.6. The quantitative estimate of drug-likeness (QED) is 0.460. The van der Waals surface area contributed by atoms with Gasteiger partial charge in [-0.05, 0) is 24.3 Å². The minimum absolute atomic E-state index is 0.181. The Morgan fingerprint density at radius 2 is 1.82 bits per heavy atom. The van der Waals surface area contributed by atoms with Crippen molar-refractivity contribution in [1.82, 2.24) is 0 Å². The van der Waals surface area contributed by atoms with Gasteiger partial charge < -0.3 is 14.2 Å². The Morgan fingerprint density at radius 3 is 2.35 bits per heavy atom. The van der Waals surface area contributed by atoms with Crippen molar-refractivity contribution in [3.8, 4) is 5.75 Å². The highest BCUT2D eigenvalue weighted by Gasteiger charge is 2.07. The molecule has 0 aromatic heterocycles. The number of carbonyl (C=O) groups is 1. The fourth-order valence-corrected chi connectivity index (χ4v) is 1.83. The molecule has 0 saturated carbocycles. The van der Waals surface area contributed by atoms with Crippen LogP contribution in [-0.4, -0.2) is 39.0 Å². The van der Waals surface area contributed by atoms with E-state index in [2.05, 4.69) is 17.2 Å². The Balaban J connectivity index is 2.30. The molecule has 1 rings (SSSR count). The summed E-state index contributed by atoms with van der Waals surface area (Å²) < 4.78 is 14.4. The standard InChI is InChI=1S/C12H17O4S/c1-14-12(13)16-9-8-15-10-4-6-11(7-5-10)17(2)3/h4-7H,8-9H2,1-3H3/q+1. The Kier molecular flexibility index (Phi) is 5.69. The molecule has 0 amide bonds. The summed E-state index contributed by atoms with van der Waals surface area (Å²) in [6.45, 7) is 0.499. The molecule has 0 saturated heterocycles. The molecule has 0 fully saturated rings. The largest absolute Gasteiger partial charge is 0.508 e. The van der Waals surface area contributed by atoms with E-state index < -0.39 is 6.16 Å². The minimum atomic E-state index is -0.690. The van der Waals surface area contributed by atoms with E-state index in [0.717, 1.165) is 5.75 Å². The summed E-state index contributed by atoms with van der Waals surface area (Å²) >= 11 is 0. The molecular weight excluding hydrogens is 240 g/mol. The van der Waals surface area contributed by atoms with Crippen molar-refractivity contribution in [2.24, 2.45) is 0 Å². The first-order chi connectivity index (χ1) is 8.13. The van der Waals surface area contributed by atoms with Crippen LogP contribution in [0, 0.1) is 0 Å². The molecule has 0 spiro atoms. The van der Waals surface area contributed by atoms with Crippen LogP contribution in [0.3, 0.4) is 0 Å². The lowest BCUT2D eigenvalue weighted by Crippen LogP contribution is -2.11.